The van der Waals surface area contributed by atoms with E-state index in [2.05, 4.69) is 15.3 Å². The van der Waals surface area contributed by atoms with Gasteiger partial charge in [0, 0.05) is 13.7 Å². The van der Waals surface area contributed by atoms with E-state index in [-0.39, 0.29) is 5.56 Å². The number of hydrogen-bond donors (Lipinski definition) is 2. The van der Waals surface area contributed by atoms with Crippen LogP contribution in [0, 0.1) is 0 Å². The van der Waals surface area contributed by atoms with Crippen molar-refractivity contribution in [3.8, 4) is 0 Å². The molecule has 0 radical (unpaired) electrons. The van der Waals surface area contributed by atoms with Crippen molar-refractivity contribution in [3.05, 3.63) is 21.7 Å². The molecule has 0 aromatic carbocycles. The quantitative estimate of drug-likeness (QED) is 0.834. The van der Waals surface area contributed by atoms with Crippen molar-refractivity contribution in [3.63, 3.8) is 0 Å². The molecule has 0 aliphatic carbocycles. The fourth-order valence-electron chi connectivity index (χ4n) is 2.01. The van der Waals surface area contributed by atoms with Gasteiger partial charge in [-0.2, -0.15) is 0 Å². The second-order valence-electron chi connectivity index (χ2n) is 4.56. The number of rotatable bonds is 3. The molecule has 2 rings (SSSR count). The number of aromatic amines is 1. The average molecular weight is 237 g/mol. The molecule has 5 heteroatoms. The molecule has 5 nitrogen and oxygen atoms in total. The van der Waals surface area contributed by atoms with Crippen LogP contribution in [-0.4, -0.2) is 23.6 Å². The highest BCUT2D eigenvalue weighted by Gasteiger charge is 2.28. The molecule has 1 aromatic heterocycles. The summed E-state index contributed by atoms with van der Waals surface area (Å²) in [5.41, 5.74) is 0.177. The maximum atomic E-state index is 12.0. The highest BCUT2D eigenvalue weighted by Crippen LogP contribution is 2.26. The van der Waals surface area contributed by atoms with Crippen molar-refractivity contribution in [2.24, 2.45) is 0 Å². The summed E-state index contributed by atoms with van der Waals surface area (Å²) < 4.78 is 5.46. The van der Waals surface area contributed by atoms with E-state index in [1.165, 1.54) is 0 Å². The van der Waals surface area contributed by atoms with Gasteiger partial charge in [-0.05, 0) is 26.2 Å². The fourth-order valence-corrected chi connectivity index (χ4v) is 2.01. The summed E-state index contributed by atoms with van der Waals surface area (Å²) in [4.78, 5) is 19.3. The molecule has 0 bridgehead atoms. The molecule has 2 heterocycles. The number of H-pyrrole nitrogens is 1. The molecule has 1 atom stereocenters. The van der Waals surface area contributed by atoms with E-state index in [0.29, 0.717) is 11.6 Å². The first-order valence-electron chi connectivity index (χ1n) is 6.03. The van der Waals surface area contributed by atoms with Crippen LogP contribution in [0.1, 0.15) is 38.1 Å². The second kappa shape index (κ2) is 4.49. The smallest absolute Gasteiger partial charge is 0.256 e. The van der Waals surface area contributed by atoms with Crippen LogP contribution in [0.3, 0.4) is 0 Å². The number of nitrogens with zero attached hydrogens (tertiary/aromatic N) is 1. The SMILES string of the molecule is CCC(C)(OC)c1nc2c(c(=O)[nH]1)CCCN2. The minimum Gasteiger partial charge on any atom is -0.371 e. The maximum absolute atomic E-state index is 12.0. The summed E-state index contributed by atoms with van der Waals surface area (Å²) in [6, 6.07) is 0. The Hall–Kier alpha value is -1.36. The Morgan fingerprint density at radius 2 is 2.29 bits per heavy atom. The number of methoxy groups -OCH3 is 1. The monoisotopic (exact) mass is 237 g/mol. The molecule has 1 aliphatic heterocycles. The van der Waals surface area contributed by atoms with Gasteiger partial charge in [0.15, 0.2) is 0 Å². The lowest BCUT2D eigenvalue weighted by atomic mass is 10.0. The first kappa shape index (κ1) is 12.1. The zero-order valence-electron chi connectivity index (χ0n) is 10.6. The standard InChI is InChI=1S/C12H19N3O2/c1-4-12(2,17-3)11-14-9-8(10(16)15-11)6-5-7-13-9/h4-7H2,1-3H3,(H2,13,14,15,16). The van der Waals surface area contributed by atoms with Crippen LogP contribution in [0.25, 0.3) is 0 Å². The number of anilines is 1. The molecule has 1 unspecified atom stereocenters. The van der Waals surface area contributed by atoms with Crippen molar-refractivity contribution in [1.29, 1.82) is 0 Å². The number of aromatic nitrogens is 2. The Balaban J connectivity index is 2.51. The molecule has 2 N–H and O–H groups in total. The van der Waals surface area contributed by atoms with E-state index >= 15 is 0 Å². The molecule has 0 amide bonds. The minimum atomic E-state index is -0.534. The van der Waals surface area contributed by atoms with Crippen molar-refractivity contribution in [2.75, 3.05) is 19.0 Å². The summed E-state index contributed by atoms with van der Waals surface area (Å²) in [5, 5.41) is 3.18. The van der Waals surface area contributed by atoms with Gasteiger partial charge in [-0.3, -0.25) is 4.79 Å². The van der Waals surface area contributed by atoms with Crippen molar-refractivity contribution in [2.45, 2.75) is 38.7 Å². The van der Waals surface area contributed by atoms with Gasteiger partial charge in [-0.15, -0.1) is 0 Å². The Bertz CT molecular complexity index is 463. The Morgan fingerprint density at radius 1 is 1.53 bits per heavy atom. The van der Waals surface area contributed by atoms with E-state index in [0.717, 1.165) is 31.4 Å². The van der Waals surface area contributed by atoms with Crippen LogP contribution in [0.5, 0.6) is 0 Å². The normalized spacial score (nSPS) is 18.1. The summed E-state index contributed by atoms with van der Waals surface area (Å²) in [6.07, 6.45) is 2.53. The van der Waals surface area contributed by atoms with E-state index in [4.69, 9.17) is 4.74 Å². The summed E-state index contributed by atoms with van der Waals surface area (Å²) in [6.45, 7) is 4.82. The number of hydrogen-bond acceptors (Lipinski definition) is 4. The van der Waals surface area contributed by atoms with Crippen LogP contribution in [0.2, 0.25) is 0 Å². The Kier molecular flexibility index (Phi) is 3.19. The topological polar surface area (TPSA) is 67.0 Å². The first-order valence-corrected chi connectivity index (χ1v) is 6.03. The zero-order valence-corrected chi connectivity index (χ0v) is 10.6. The number of fused-ring (bicyclic) bond motifs is 1. The fraction of sp³-hybridized carbons (Fsp3) is 0.667. The third kappa shape index (κ3) is 2.07. The van der Waals surface area contributed by atoms with Gasteiger partial charge in [0.1, 0.15) is 17.2 Å². The van der Waals surface area contributed by atoms with Crippen LogP contribution in [0.4, 0.5) is 5.82 Å². The van der Waals surface area contributed by atoms with Crippen molar-refractivity contribution >= 4 is 5.82 Å². The summed E-state index contributed by atoms with van der Waals surface area (Å²) >= 11 is 0. The highest BCUT2D eigenvalue weighted by atomic mass is 16.5. The van der Waals surface area contributed by atoms with Gasteiger partial charge in [-0.1, -0.05) is 6.92 Å². The molecule has 17 heavy (non-hydrogen) atoms. The van der Waals surface area contributed by atoms with Crippen LogP contribution < -0.4 is 10.9 Å². The first-order chi connectivity index (χ1) is 8.10. The lowest BCUT2D eigenvalue weighted by Gasteiger charge is -2.27. The van der Waals surface area contributed by atoms with Crippen molar-refractivity contribution < 1.29 is 4.74 Å². The molecule has 1 aliphatic rings. The third-order valence-electron chi connectivity index (χ3n) is 3.54. The van der Waals surface area contributed by atoms with E-state index in [9.17, 15) is 4.79 Å². The zero-order chi connectivity index (χ0) is 12.5. The lowest BCUT2D eigenvalue weighted by molar-refractivity contribution is -0.00911. The number of nitrogens with one attached hydrogen (secondary N) is 2. The van der Waals surface area contributed by atoms with E-state index < -0.39 is 5.60 Å². The molecule has 0 fully saturated rings. The van der Waals surface area contributed by atoms with Gasteiger partial charge in [0.25, 0.3) is 5.56 Å². The van der Waals surface area contributed by atoms with Crippen LogP contribution in [-0.2, 0) is 16.8 Å². The largest absolute Gasteiger partial charge is 0.371 e. The number of ether oxygens (including phenoxy) is 1. The molecule has 94 valence electrons. The Labute approximate surface area is 101 Å². The molecule has 0 saturated heterocycles. The second-order valence-corrected chi connectivity index (χ2v) is 4.56. The lowest BCUT2D eigenvalue weighted by Crippen LogP contribution is -2.32. The van der Waals surface area contributed by atoms with Crippen LogP contribution in [0.15, 0.2) is 4.79 Å². The van der Waals surface area contributed by atoms with Gasteiger partial charge >= 0.3 is 0 Å². The molecular formula is C12H19N3O2. The highest BCUT2D eigenvalue weighted by molar-refractivity contribution is 5.45. The molecule has 0 saturated carbocycles. The Morgan fingerprint density at radius 3 is 2.94 bits per heavy atom. The molecular weight excluding hydrogens is 218 g/mol. The average Bonchev–Trinajstić information content (AvgIpc) is 2.38. The van der Waals surface area contributed by atoms with Gasteiger partial charge < -0.3 is 15.0 Å². The summed E-state index contributed by atoms with van der Waals surface area (Å²) in [5.74, 6) is 1.31. The predicted octanol–water partition coefficient (Wildman–Crippen LogP) is 1.40. The summed E-state index contributed by atoms with van der Waals surface area (Å²) in [7, 11) is 1.64. The maximum Gasteiger partial charge on any atom is 0.256 e. The van der Waals surface area contributed by atoms with Gasteiger partial charge in [-0.25, -0.2) is 4.98 Å². The molecule has 0 spiro atoms. The van der Waals surface area contributed by atoms with E-state index in [1.807, 2.05) is 13.8 Å². The third-order valence-corrected chi connectivity index (χ3v) is 3.54. The predicted molar refractivity (Wildman–Crippen MR) is 66.3 cm³/mol. The van der Waals surface area contributed by atoms with E-state index in [1.54, 1.807) is 7.11 Å². The van der Waals surface area contributed by atoms with Gasteiger partial charge in [0.05, 0.1) is 5.56 Å². The minimum absolute atomic E-state index is 0.0473. The van der Waals surface area contributed by atoms with Gasteiger partial charge in [0.2, 0.25) is 0 Å². The van der Waals surface area contributed by atoms with Crippen molar-refractivity contribution in [1.82, 2.24) is 9.97 Å². The molecule has 1 aromatic rings. The van der Waals surface area contributed by atoms with Crippen LogP contribution >= 0.6 is 0 Å².